The highest BCUT2D eigenvalue weighted by molar-refractivity contribution is 5.70. The summed E-state index contributed by atoms with van der Waals surface area (Å²) >= 11 is 0. The monoisotopic (exact) mass is 751 g/mol. The minimum atomic E-state index is -0.793. The molecule has 308 valence electrons. The molecular formula is C49H82O5. The Morgan fingerprint density at radius 2 is 0.796 bits per heavy atom. The van der Waals surface area contributed by atoms with Crippen LogP contribution in [-0.4, -0.2) is 36.4 Å². The van der Waals surface area contributed by atoms with E-state index < -0.39 is 6.10 Å². The van der Waals surface area contributed by atoms with Gasteiger partial charge >= 0.3 is 11.9 Å². The predicted molar refractivity (Wildman–Crippen MR) is 233 cm³/mol. The Labute approximate surface area is 333 Å². The lowest BCUT2D eigenvalue weighted by Crippen LogP contribution is -2.28. The molecule has 5 heteroatoms. The molecule has 0 amide bonds. The first-order chi connectivity index (χ1) is 26.6. The molecule has 0 aromatic rings. The molecule has 1 unspecified atom stereocenters. The van der Waals surface area contributed by atoms with Gasteiger partial charge in [-0.1, -0.05) is 176 Å². The zero-order valence-corrected chi connectivity index (χ0v) is 35.0. The fraction of sp³-hybridized carbons (Fsp3) is 0.673. The number of hydrogen-bond acceptors (Lipinski definition) is 5. The third kappa shape index (κ3) is 41.8. The first-order valence-electron chi connectivity index (χ1n) is 22.1. The number of carbonyl (C=O) groups excluding carboxylic acids is 2. The third-order valence-electron chi connectivity index (χ3n) is 9.17. The molecule has 0 bridgehead atoms. The van der Waals surface area contributed by atoms with Gasteiger partial charge in [-0.05, 0) is 89.9 Å². The van der Waals surface area contributed by atoms with Crippen molar-refractivity contribution in [3.8, 4) is 0 Å². The summed E-state index contributed by atoms with van der Waals surface area (Å²) in [4.78, 5) is 24.3. The second-order valence-electron chi connectivity index (χ2n) is 14.4. The number of ether oxygens (including phenoxy) is 2. The molecule has 1 atom stereocenters. The van der Waals surface area contributed by atoms with Crippen molar-refractivity contribution in [3.63, 3.8) is 0 Å². The second kappa shape index (κ2) is 44.5. The van der Waals surface area contributed by atoms with Crippen molar-refractivity contribution in [1.29, 1.82) is 0 Å². The van der Waals surface area contributed by atoms with Gasteiger partial charge in [0.2, 0.25) is 0 Å². The SMILES string of the molecule is CC/C=C\C/C=C\C/C=C\C/C=C\CCCCCCC(=O)OC(CO)COC(=O)CCCCCCCCCC/C=C\C/C=C\C/C=C\CCCCCCC. The van der Waals surface area contributed by atoms with E-state index in [-0.39, 0.29) is 25.2 Å². The van der Waals surface area contributed by atoms with Gasteiger partial charge in [0.15, 0.2) is 6.10 Å². The molecule has 0 spiro atoms. The van der Waals surface area contributed by atoms with Crippen LogP contribution >= 0.6 is 0 Å². The molecule has 1 N–H and O–H groups in total. The molecule has 0 saturated carbocycles. The highest BCUT2D eigenvalue weighted by Gasteiger charge is 2.16. The number of hydrogen-bond donors (Lipinski definition) is 1. The summed E-state index contributed by atoms with van der Waals surface area (Å²) < 4.78 is 10.6. The van der Waals surface area contributed by atoms with Gasteiger partial charge in [-0.25, -0.2) is 0 Å². The molecule has 0 heterocycles. The van der Waals surface area contributed by atoms with E-state index in [0.29, 0.717) is 12.8 Å². The Morgan fingerprint density at radius 3 is 1.20 bits per heavy atom. The molecule has 0 aliphatic heterocycles. The van der Waals surface area contributed by atoms with E-state index >= 15 is 0 Å². The van der Waals surface area contributed by atoms with Gasteiger partial charge in [-0.15, -0.1) is 0 Å². The van der Waals surface area contributed by atoms with E-state index in [9.17, 15) is 14.7 Å². The fourth-order valence-corrected chi connectivity index (χ4v) is 5.85. The van der Waals surface area contributed by atoms with Crippen molar-refractivity contribution in [2.45, 2.75) is 200 Å². The van der Waals surface area contributed by atoms with Crippen molar-refractivity contribution in [2.24, 2.45) is 0 Å². The number of rotatable bonds is 39. The van der Waals surface area contributed by atoms with E-state index in [2.05, 4.69) is 98.9 Å². The summed E-state index contributed by atoms with van der Waals surface area (Å²) in [7, 11) is 0. The van der Waals surface area contributed by atoms with Crippen molar-refractivity contribution in [3.05, 3.63) is 85.1 Å². The quantitative estimate of drug-likeness (QED) is 0.0385. The van der Waals surface area contributed by atoms with E-state index in [4.69, 9.17) is 9.47 Å². The molecule has 0 fully saturated rings. The Kier molecular flexibility index (Phi) is 42.1. The third-order valence-corrected chi connectivity index (χ3v) is 9.17. The van der Waals surface area contributed by atoms with Crippen LogP contribution in [0.25, 0.3) is 0 Å². The molecule has 0 aromatic carbocycles. The van der Waals surface area contributed by atoms with Gasteiger partial charge < -0.3 is 14.6 Å². The van der Waals surface area contributed by atoms with Crippen molar-refractivity contribution < 1.29 is 24.2 Å². The summed E-state index contributed by atoms with van der Waals surface area (Å²) in [6.45, 7) is 3.98. The van der Waals surface area contributed by atoms with Gasteiger partial charge in [0.1, 0.15) is 6.61 Å². The maximum atomic E-state index is 12.2. The number of allylic oxidation sites excluding steroid dienone is 14. The molecule has 0 aromatic heterocycles. The Hall–Kier alpha value is -2.92. The van der Waals surface area contributed by atoms with Crippen LogP contribution in [0.1, 0.15) is 194 Å². The van der Waals surface area contributed by atoms with E-state index in [1.165, 1.54) is 77.0 Å². The Bertz CT molecular complexity index is 1030. The molecule has 5 nitrogen and oxygen atoms in total. The average molecular weight is 751 g/mol. The van der Waals surface area contributed by atoms with Gasteiger partial charge in [0, 0.05) is 12.8 Å². The largest absolute Gasteiger partial charge is 0.462 e. The number of unbranched alkanes of at least 4 members (excludes halogenated alkanes) is 17. The van der Waals surface area contributed by atoms with Gasteiger partial charge in [0.25, 0.3) is 0 Å². The number of aliphatic hydroxyl groups excluding tert-OH is 1. The van der Waals surface area contributed by atoms with Crippen LogP contribution in [0.4, 0.5) is 0 Å². The molecule has 0 aliphatic carbocycles. The highest BCUT2D eigenvalue weighted by Crippen LogP contribution is 2.12. The van der Waals surface area contributed by atoms with Crippen molar-refractivity contribution in [1.82, 2.24) is 0 Å². The number of aliphatic hydroxyl groups is 1. The standard InChI is InChI=1S/C49H82O5/c1-3-5-7-9-11-13-15-17-19-21-22-23-24-25-26-28-29-31-33-35-37-39-41-43-48(51)53-46-47(45-50)54-49(52)44-42-40-38-36-34-32-30-27-20-18-16-14-12-10-8-6-4-2/h6,8,12,14-15,17-18,20-22,24-25,30,32,47,50H,3-5,7,9-11,13,16,19,23,26-29,31,33-46H2,1-2H3/b8-6-,14-12-,17-15-,20-18-,22-21-,25-24-,32-30-. The van der Waals surface area contributed by atoms with Crippen LogP contribution in [0, 0.1) is 0 Å². The Balaban J connectivity index is 3.61. The van der Waals surface area contributed by atoms with Crippen molar-refractivity contribution in [2.75, 3.05) is 13.2 Å². The summed E-state index contributed by atoms with van der Waals surface area (Å²) in [5.74, 6) is -0.632. The van der Waals surface area contributed by atoms with Gasteiger partial charge in [-0.3, -0.25) is 9.59 Å². The molecule has 0 radical (unpaired) electrons. The molecule has 54 heavy (non-hydrogen) atoms. The predicted octanol–water partition coefficient (Wildman–Crippen LogP) is 14.3. The first-order valence-corrected chi connectivity index (χ1v) is 22.1. The smallest absolute Gasteiger partial charge is 0.306 e. The van der Waals surface area contributed by atoms with Crippen LogP contribution in [0.15, 0.2) is 85.1 Å². The molecule has 0 rings (SSSR count). The summed E-state index contributed by atoms with van der Waals surface area (Å²) in [5, 5.41) is 9.58. The van der Waals surface area contributed by atoms with Crippen molar-refractivity contribution >= 4 is 11.9 Å². The lowest BCUT2D eigenvalue weighted by atomic mass is 10.1. The van der Waals surface area contributed by atoms with Gasteiger partial charge in [-0.2, -0.15) is 0 Å². The van der Waals surface area contributed by atoms with E-state index in [1.54, 1.807) is 0 Å². The van der Waals surface area contributed by atoms with Crippen LogP contribution in [0.5, 0.6) is 0 Å². The molecular weight excluding hydrogens is 669 g/mol. The first kappa shape index (κ1) is 51.1. The van der Waals surface area contributed by atoms with E-state index in [0.717, 1.165) is 89.9 Å². The number of carbonyl (C=O) groups is 2. The zero-order chi connectivity index (χ0) is 39.3. The maximum Gasteiger partial charge on any atom is 0.306 e. The number of esters is 2. The van der Waals surface area contributed by atoms with Gasteiger partial charge in [0.05, 0.1) is 6.61 Å². The Morgan fingerprint density at radius 1 is 0.444 bits per heavy atom. The van der Waals surface area contributed by atoms with Crippen LogP contribution in [0.2, 0.25) is 0 Å². The van der Waals surface area contributed by atoms with E-state index in [1.807, 2.05) is 0 Å². The molecule has 0 aliphatic rings. The zero-order valence-electron chi connectivity index (χ0n) is 35.0. The average Bonchev–Trinajstić information content (AvgIpc) is 3.17. The normalized spacial score (nSPS) is 13.0. The maximum absolute atomic E-state index is 12.2. The lowest BCUT2D eigenvalue weighted by Gasteiger charge is -2.15. The minimum Gasteiger partial charge on any atom is -0.462 e. The lowest BCUT2D eigenvalue weighted by molar-refractivity contribution is -0.161. The second-order valence-corrected chi connectivity index (χ2v) is 14.4. The summed E-state index contributed by atoms with van der Waals surface area (Å²) in [6, 6.07) is 0. The van der Waals surface area contributed by atoms with Crippen LogP contribution in [-0.2, 0) is 19.1 Å². The fourth-order valence-electron chi connectivity index (χ4n) is 5.85. The van der Waals surface area contributed by atoms with Crippen LogP contribution in [0.3, 0.4) is 0 Å². The van der Waals surface area contributed by atoms with Crippen LogP contribution < -0.4 is 0 Å². The summed E-state index contributed by atoms with van der Waals surface area (Å²) in [6.07, 6.45) is 60.8. The topological polar surface area (TPSA) is 72.8 Å². The minimum absolute atomic E-state index is 0.0845. The summed E-state index contributed by atoms with van der Waals surface area (Å²) in [5.41, 5.74) is 0. The molecule has 0 saturated heterocycles. The highest BCUT2D eigenvalue weighted by atomic mass is 16.6.